The van der Waals surface area contributed by atoms with Crippen LogP contribution in [0.25, 0.3) is 16.9 Å². The van der Waals surface area contributed by atoms with Crippen LogP contribution in [0.5, 0.6) is 11.5 Å². The first kappa shape index (κ1) is 32.9. The molecular weight excluding hydrogens is 621 g/mol. The molecule has 1 amide bonds. The van der Waals surface area contributed by atoms with Crippen LogP contribution in [-0.2, 0) is 33.9 Å². The molecule has 0 aromatic heterocycles. The molecule has 250 valence electrons. The van der Waals surface area contributed by atoms with Crippen LogP contribution in [0.4, 0.5) is 4.39 Å². The molecule has 0 heterocycles. The molecule has 3 aliphatic carbocycles. The second kappa shape index (κ2) is 12.2. The predicted molar refractivity (Wildman–Crippen MR) is 173 cm³/mol. The molecule has 3 aromatic carbocycles. The van der Waals surface area contributed by atoms with Gasteiger partial charge in [0, 0.05) is 30.1 Å². The summed E-state index contributed by atoms with van der Waals surface area (Å²) >= 11 is 0. The van der Waals surface area contributed by atoms with Gasteiger partial charge in [0.15, 0.2) is 11.4 Å². The summed E-state index contributed by atoms with van der Waals surface area (Å²) in [5, 5.41) is 48.9. The normalized spacial score (nSPS) is 23.6. The van der Waals surface area contributed by atoms with Crippen LogP contribution in [-0.4, -0.2) is 75.6 Å². The number of amides is 1. The first-order chi connectivity index (χ1) is 22.8. The number of likely N-dealkylation sites (N-methyl/N-ethyl adjacent to an activating group) is 1. The molecule has 11 nitrogen and oxygen atoms in total. The maximum atomic E-state index is 14.1. The molecule has 1 saturated carbocycles. The van der Waals surface area contributed by atoms with Crippen LogP contribution in [0.2, 0.25) is 0 Å². The van der Waals surface area contributed by atoms with E-state index in [0.29, 0.717) is 35.5 Å². The van der Waals surface area contributed by atoms with Crippen molar-refractivity contribution in [1.29, 1.82) is 0 Å². The first-order valence-electron chi connectivity index (χ1n) is 15.4. The lowest BCUT2D eigenvalue weighted by Crippen LogP contribution is -2.65. The number of ether oxygens (including phenoxy) is 1. The number of phenolic OH excluding ortho intramolecular Hbond substituents is 1. The van der Waals surface area contributed by atoms with E-state index in [-0.39, 0.29) is 35.5 Å². The number of nitrogens with two attached hydrogens (primary N) is 1. The second-order valence-corrected chi connectivity index (χ2v) is 12.7. The summed E-state index contributed by atoms with van der Waals surface area (Å²) in [6.45, 7) is 0.866. The number of methoxy groups -OCH3 is 1. The molecule has 6 rings (SSSR count). The van der Waals surface area contributed by atoms with Gasteiger partial charge in [-0.25, -0.2) is 4.39 Å². The smallest absolute Gasteiger partial charge is 0.255 e. The van der Waals surface area contributed by atoms with Crippen molar-refractivity contribution in [2.45, 2.75) is 37.6 Å². The van der Waals surface area contributed by atoms with E-state index in [9.17, 15) is 39.2 Å². The van der Waals surface area contributed by atoms with Gasteiger partial charge in [-0.3, -0.25) is 19.3 Å². The number of hydrogen-bond acceptors (Lipinski definition) is 10. The monoisotopic (exact) mass is 657 g/mol. The molecule has 7 N–H and O–H groups in total. The Morgan fingerprint density at radius 3 is 2.40 bits per heavy atom. The molecule has 3 aromatic rings. The third-order valence-electron chi connectivity index (χ3n) is 9.71. The maximum Gasteiger partial charge on any atom is 0.255 e. The third kappa shape index (κ3) is 5.13. The van der Waals surface area contributed by atoms with E-state index in [1.54, 1.807) is 32.3 Å². The van der Waals surface area contributed by atoms with Crippen molar-refractivity contribution in [2.75, 3.05) is 21.2 Å². The number of aromatic hydroxyl groups is 1. The van der Waals surface area contributed by atoms with Gasteiger partial charge in [-0.1, -0.05) is 24.3 Å². The van der Waals surface area contributed by atoms with E-state index in [1.807, 2.05) is 18.2 Å². The standard InChI is InChI=1S/C36H36FN3O8/c1-40(2)30-24-14-19-13-23-21(22-12-18(7-10-26(22)48-3)16-39-15-17-5-4-6-20(37)11-17)8-9-25(41)28(23)31(42)27(19)33(44)36(24,47)34(45)29(32(30)43)35(38)46/h4-12,19,24,30,39,41-42,45,47H,13-16H2,1-3H3,(H2,38,46)/t19-,24+,30+,36+/m1/s1. The number of nitrogens with zero attached hydrogens (tertiary/aromatic N) is 1. The molecule has 0 bridgehead atoms. The molecule has 0 aliphatic heterocycles. The molecule has 12 heteroatoms. The number of primary amides is 1. The van der Waals surface area contributed by atoms with E-state index in [0.717, 1.165) is 11.1 Å². The molecule has 4 atom stereocenters. The summed E-state index contributed by atoms with van der Waals surface area (Å²) in [6.07, 6.45) is 0.103. The minimum atomic E-state index is -2.71. The number of phenols is 1. The van der Waals surface area contributed by atoms with E-state index in [1.165, 1.54) is 30.2 Å². The van der Waals surface area contributed by atoms with Gasteiger partial charge in [-0.05, 0) is 85.4 Å². The summed E-state index contributed by atoms with van der Waals surface area (Å²) in [5.41, 5.74) is 5.04. The van der Waals surface area contributed by atoms with Crippen LogP contribution >= 0.6 is 0 Å². The number of benzene rings is 3. The lowest BCUT2D eigenvalue weighted by atomic mass is 9.57. The fourth-order valence-corrected chi connectivity index (χ4v) is 7.57. The van der Waals surface area contributed by atoms with Crippen molar-refractivity contribution in [2.24, 2.45) is 17.6 Å². The number of aliphatic hydroxyl groups excluding tert-OH is 2. The number of hydrogen-bond donors (Lipinski definition) is 6. The molecule has 0 spiro atoms. The molecule has 1 fully saturated rings. The van der Waals surface area contributed by atoms with Crippen molar-refractivity contribution in [3.8, 4) is 22.6 Å². The Balaban J connectivity index is 1.43. The molecular formula is C36H36FN3O8. The van der Waals surface area contributed by atoms with Gasteiger partial charge in [0.2, 0.25) is 5.78 Å². The van der Waals surface area contributed by atoms with Gasteiger partial charge < -0.3 is 36.2 Å². The fraction of sp³-hybridized carbons (Fsp3) is 0.306. The second-order valence-electron chi connectivity index (χ2n) is 12.7. The van der Waals surface area contributed by atoms with Crippen molar-refractivity contribution in [1.82, 2.24) is 10.2 Å². The zero-order valence-corrected chi connectivity index (χ0v) is 26.6. The number of fused-ring (bicyclic) bond motifs is 3. The largest absolute Gasteiger partial charge is 0.508 e. The minimum absolute atomic E-state index is 0.0134. The lowest BCUT2D eigenvalue weighted by Gasteiger charge is -2.50. The van der Waals surface area contributed by atoms with Gasteiger partial charge in [-0.2, -0.15) is 0 Å². The van der Waals surface area contributed by atoms with Gasteiger partial charge >= 0.3 is 0 Å². The van der Waals surface area contributed by atoms with Crippen molar-refractivity contribution in [3.05, 3.63) is 99.6 Å². The highest BCUT2D eigenvalue weighted by Crippen LogP contribution is 2.54. The SMILES string of the molecule is COc1ccc(CNCc2cccc(F)c2)cc1-c1ccc(O)c2c1C[C@@H]1C[C@H]3[C@H](N(C)C)C(=O)C(C(N)=O)=C(O)[C@@]3(O)C(=O)C1=C2O. The average Bonchev–Trinajstić information content (AvgIpc) is 3.02. The number of aliphatic hydroxyl groups is 3. The molecule has 48 heavy (non-hydrogen) atoms. The van der Waals surface area contributed by atoms with Gasteiger partial charge in [0.1, 0.15) is 34.4 Å². The number of carbonyl (C=O) groups excluding carboxylic acids is 3. The number of ketones is 2. The summed E-state index contributed by atoms with van der Waals surface area (Å²) in [4.78, 5) is 41.2. The van der Waals surface area contributed by atoms with E-state index < -0.39 is 58.0 Å². The summed E-state index contributed by atoms with van der Waals surface area (Å²) < 4.78 is 19.3. The maximum absolute atomic E-state index is 14.1. The Hall–Kier alpha value is -5.04. The Morgan fingerprint density at radius 2 is 1.75 bits per heavy atom. The van der Waals surface area contributed by atoms with Crippen molar-refractivity contribution < 1.29 is 43.9 Å². The highest BCUT2D eigenvalue weighted by atomic mass is 19.1. The Labute approximate surface area is 275 Å². The van der Waals surface area contributed by atoms with Crippen molar-refractivity contribution in [3.63, 3.8) is 0 Å². The minimum Gasteiger partial charge on any atom is -0.508 e. The van der Waals surface area contributed by atoms with E-state index >= 15 is 0 Å². The first-order valence-corrected chi connectivity index (χ1v) is 15.4. The topological polar surface area (TPSA) is 183 Å². The van der Waals surface area contributed by atoms with Crippen LogP contribution < -0.4 is 15.8 Å². The van der Waals surface area contributed by atoms with Crippen LogP contribution in [0.1, 0.15) is 28.7 Å². The molecule has 0 saturated heterocycles. The number of nitrogens with one attached hydrogen (secondary N) is 1. The highest BCUT2D eigenvalue weighted by molar-refractivity contribution is 6.24. The number of rotatable bonds is 8. The number of halogens is 1. The molecule has 3 aliphatic rings. The Morgan fingerprint density at radius 1 is 1.04 bits per heavy atom. The number of carbonyl (C=O) groups is 3. The van der Waals surface area contributed by atoms with E-state index in [2.05, 4.69) is 5.32 Å². The van der Waals surface area contributed by atoms with Gasteiger partial charge in [0.05, 0.1) is 18.7 Å². The Kier molecular flexibility index (Phi) is 8.36. The molecule has 0 radical (unpaired) electrons. The summed E-state index contributed by atoms with van der Waals surface area (Å²) in [5.74, 6) is -6.91. The van der Waals surface area contributed by atoms with Gasteiger partial charge in [-0.15, -0.1) is 0 Å². The van der Waals surface area contributed by atoms with Crippen LogP contribution in [0.15, 0.2) is 71.5 Å². The lowest BCUT2D eigenvalue weighted by molar-refractivity contribution is -0.153. The zero-order chi connectivity index (χ0) is 34.7. The van der Waals surface area contributed by atoms with E-state index in [4.69, 9.17) is 10.5 Å². The summed E-state index contributed by atoms with van der Waals surface area (Å²) in [6, 6.07) is 13.8. The highest BCUT2D eigenvalue weighted by Gasteiger charge is 2.64. The summed E-state index contributed by atoms with van der Waals surface area (Å²) in [7, 11) is 4.62. The average molecular weight is 658 g/mol. The molecule has 0 unspecified atom stereocenters. The quantitative estimate of drug-likeness (QED) is 0.197. The predicted octanol–water partition coefficient (Wildman–Crippen LogP) is 3.07. The Bertz CT molecular complexity index is 1940. The van der Waals surface area contributed by atoms with Gasteiger partial charge in [0.25, 0.3) is 5.91 Å². The third-order valence-corrected chi connectivity index (χ3v) is 9.71. The fourth-order valence-electron chi connectivity index (χ4n) is 7.57. The number of Topliss-reactive ketones (excluding diaryl/α,β-unsaturated/α-hetero) is 2. The van der Waals surface area contributed by atoms with Crippen LogP contribution in [0, 0.1) is 17.7 Å². The van der Waals surface area contributed by atoms with Crippen LogP contribution in [0.3, 0.4) is 0 Å². The zero-order valence-electron chi connectivity index (χ0n) is 26.6. The van der Waals surface area contributed by atoms with Crippen molar-refractivity contribution >= 4 is 23.2 Å².